The lowest BCUT2D eigenvalue weighted by molar-refractivity contribution is 1.07. The molecule has 42 heavy (non-hydrogen) atoms. The van der Waals surface area contributed by atoms with E-state index in [1.54, 1.807) is 0 Å². The fourth-order valence-corrected chi connectivity index (χ4v) is 5.33. The minimum absolute atomic E-state index is 0.640. The lowest BCUT2D eigenvalue weighted by atomic mass is 9.94. The number of aromatic nitrogens is 5. The van der Waals surface area contributed by atoms with Crippen LogP contribution in [0.3, 0.4) is 0 Å². The van der Waals surface area contributed by atoms with Crippen LogP contribution in [-0.4, -0.2) is 24.9 Å². The predicted octanol–water partition coefficient (Wildman–Crippen LogP) is 8.77. The van der Waals surface area contributed by atoms with Gasteiger partial charge in [0.2, 0.25) is 0 Å². The van der Waals surface area contributed by atoms with Gasteiger partial charge < -0.3 is 0 Å². The molecule has 5 aromatic carbocycles. The van der Waals surface area contributed by atoms with Crippen molar-refractivity contribution in [2.75, 3.05) is 0 Å². The molecule has 0 N–H and O–H groups in total. The molecule has 5 nitrogen and oxygen atoms in total. The monoisotopic (exact) mass is 541 g/mol. The molecule has 0 saturated heterocycles. The summed E-state index contributed by atoms with van der Waals surface area (Å²) < 4.78 is 0. The van der Waals surface area contributed by atoms with Crippen LogP contribution in [0.5, 0.6) is 0 Å². The van der Waals surface area contributed by atoms with Gasteiger partial charge in [-0.15, -0.1) is 0 Å². The summed E-state index contributed by atoms with van der Waals surface area (Å²) >= 11 is 0. The van der Waals surface area contributed by atoms with Gasteiger partial charge >= 0.3 is 0 Å². The molecule has 0 atom stereocenters. The molecule has 5 heteroatoms. The second kappa shape index (κ2) is 10.8. The van der Waals surface area contributed by atoms with Crippen molar-refractivity contribution in [3.05, 3.63) is 139 Å². The molecule has 200 valence electrons. The number of fused-ring (bicyclic) bond motifs is 1. The summed E-state index contributed by atoms with van der Waals surface area (Å²) in [6.07, 6.45) is 0. The number of hydrogen-bond donors (Lipinski definition) is 0. The van der Waals surface area contributed by atoms with Crippen LogP contribution in [-0.2, 0) is 0 Å². The second-order valence-corrected chi connectivity index (χ2v) is 10.3. The molecule has 0 spiro atoms. The molecule has 0 amide bonds. The van der Waals surface area contributed by atoms with E-state index >= 15 is 0 Å². The summed E-state index contributed by atoms with van der Waals surface area (Å²) in [7, 11) is 0. The lowest BCUT2D eigenvalue weighted by Gasteiger charge is -2.13. The van der Waals surface area contributed by atoms with Gasteiger partial charge in [-0.2, -0.15) is 0 Å². The average molecular weight is 542 g/mol. The summed E-state index contributed by atoms with van der Waals surface area (Å²) in [6, 6.07) is 43.3. The van der Waals surface area contributed by atoms with Crippen molar-refractivity contribution < 1.29 is 0 Å². The lowest BCUT2D eigenvalue weighted by Crippen LogP contribution is -2.00. The maximum absolute atomic E-state index is 4.87. The van der Waals surface area contributed by atoms with Gasteiger partial charge in [0.05, 0.1) is 0 Å². The van der Waals surface area contributed by atoms with E-state index < -0.39 is 0 Å². The Bertz CT molecular complexity index is 1960. The molecule has 0 unspecified atom stereocenters. The molecule has 0 radical (unpaired) electrons. The van der Waals surface area contributed by atoms with Gasteiger partial charge in [0.25, 0.3) is 0 Å². The van der Waals surface area contributed by atoms with Crippen LogP contribution in [0.25, 0.3) is 67.5 Å². The smallest absolute Gasteiger partial charge is 0.164 e. The average Bonchev–Trinajstić information content (AvgIpc) is 3.04. The molecule has 0 saturated carbocycles. The Balaban J connectivity index is 1.31. The fourth-order valence-electron chi connectivity index (χ4n) is 5.33. The number of benzene rings is 5. The van der Waals surface area contributed by atoms with Crippen molar-refractivity contribution in [2.45, 2.75) is 13.8 Å². The van der Waals surface area contributed by atoms with Crippen LogP contribution in [0.2, 0.25) is 0 Å². The van der Waals surface area contributed by atoms with Gasteiger partial charge in [-0.25, -0.2) is 24.9 Å². The van der Waals surface area contributed by atoms with Gasteiger partial charge in [-0.1, -0.05) is 115 Å². The highest BCUT2D eigenvalue weighted by atomic mass is 15.0. The third-order valence-electron chi connectivity index (χ3n) is 7.30. The van der Waals surface area contributed by atoms with Crippen LogP contribution in [0.15, 0.2) is 127 Å². The predicted molar refractivity (Wildman–Crippen MR) is 170 cm³/mol. The Labute approximate surface area is 244 Å². The summed E-state index contributed by atoms with van der Waals surface area (Å²) in [4.78, 5) is 24.0. The summed E-state index contributed by atoms with van der Waals surface area (Å²) in [5.41, 5.74) is 8.06. The van der Waals surface area contributed by atoms with Crippen molar-refractivity contribution in [3.8, 4) is 56.7 Å². The first kappa shape index (κ1) is 25.4. The van der Waals surface area contributed by atoms with Crippen LogP contribution >= 0.6 is 0 Å². The van der Waals surface area contributed by atoms with Gasteiger partial charge in [-0.3, -0.25) is 0 Å². The second-order valence-electron chi connectivity index (χ2n) is 10.3. The third-order valence-corrected chi connectivity index (χ3v) is 7.30. The molecule has 0 bridgehead atoms. The van der Waals surface area contributed by atoms with Gasteiger partial charge in [0.15, 0.2) is 23.3 Å². The van der Waals surface area contributed by atoms with E-state index in [-0.39, 0.29) is 0 Å². The van der Waals surface area contributed by atoms with E-state index in [0.29, 0.717) is 17.5 Å². The maximum Gasteiger partial charge on any atom is 0.164 e. The molecule has 0 aliphatic carbocycles. The number of hydrogen-bond acceptors (Lipinski definition) is 5. The van der Waals surface area contributed by atoms with Crippen LogP contribution < -0.4 is 0 Å². The largest absolute Gasteiger partial charge is 0.233 e. The van der Waals surface area contributed by atoms with Crippen LogP contribution in [0, 0.1) is 13.8 Å². The normalized spacial score (nSPS) is 11.1. The zero-order chi connectivity index (χ0) is 28.5. The highest BCUT2D eigenvalue weighted by Crippen LogP contribution is 2.35. The Kier molecular flexibility index (Phi) is 6.53. The molecule has 0 aliphatic rings. The Hall–Kier alpha value is -5.55. The highest BCUT2D eigenvalue weighted by Gasteiger charge is 2.14. The van der Waals surface area contributed by atoms with E-state index in [0.717, 1.165) is 61.4 Å². The SMILES string of the molecule is Cc1cc(C)nc(-c2ccc(-c3ccc(-c4nc(-c5ccccc5)nc(-c5ccccc5)n4)cc3)c3ccccc23)n1. The van der Waals surface area contributed by atoms with E-state index in [1.807, 2.05) is 80.6 Å². The number of nitrogens with zero attached hydrogens (tertiary/aromatic N) is 5. The van der Waals surface area contributed by atoms with E-state index in [4.69, 9.17) is 24.9 Å². The molecule has 2 heterocycles. The zero-order valence-electron chi connectivity index (χ0n) is 23.4. The standard InChI is InChI=1S/C37H27N5/c1-24-23-25(2)39-37(38-24)33-22-21-30(31-15-9-10-16-32(31)33)26-17-19-29(20-18-26)36-41-34(27-11-5-3-6-12-27)40-35(42-36)28-13-7-4-8-14-28/h3-23H,1-2H3. The van der Waals surface area contributed by atoms with Gasteiger partial charge in [-0.05, 0) is 47.9 Å². The first-order valence-corrected chi connectivity index (χ1v) is 13.9. The Morgan fingerprint density at radius 2 is 0.738 bits per heavy atom. The molecular formula is C37H27N5. The summed E-state index contributed by atoms with van der Waals surface area (Å²) in [5, 5.41) is 2.28. The highest BCUT2D eigenvalue weighted by molar-refractivity contribution is 6.04. The quantitative estimate of drug-likeness (QED) is 0.218. The zero-order valence-corrected chi connectivity index (χ0v) is 23.4. The molecule has 7 rings (SSSR count). The number of rotatable bonds is 5. The van der Waals surface area contributed by atoms with Gasteiger partial charge in [0, 0.05) is 33.6 Å². The fraction of sp³-hybridized carbons (Fsp3) is 0.0541. The minimum atomic E-state index is 0.640. The van der Waals surface area contributed by atoms with Gasteiger partial charge in [0.1, 0.15) is 0 Å². The topological polar surface area (TPSA) is 64.5 Å². The Morgan fingerprint density at radius 1 is 0.333 bits per heavy atom. The summed E-state index contributed by atoms with van der Waals surface area (Å²) in [5.74, 6) is 2.70. The van der Waals surface area contributed by atoms with Crippen LogP contribution in [0.4, 0.5) is 0 Å². The first-order chi connectivity index (χ1) is 20.6. The maximum atomic E-state index is 4.87. The minimum Gasteiger partial charge on any atom is -0.233 e. The van der Waals surface area contributed by atoms with E-state index in [9.17, 15) is 0 Å². The molecule has 0 aliphatic heterocycles. The third kappa shape index (κ3) is 4.93. The van der Waals surface area contributed by atoms with Crippen molar-refractivity contribution in [1.29, 1.82) is 0 Å². The van der Waals surface area contributed by atoms with Crippen LogP contribution in [0.1, 0.15) is 11.4 Å². The molecule has 2 aromatic heterocycles. The first-order valence-electron chi connectivity index (χ1n) is 13.9. The van der Waals surface area contributed by atoms with Crippen molar-refractivity contribution in [1.82, 2.24) is 24.9 Å². The Morgan fingerprint density at radius 3 is 1.26 bits per heavy atom. The van der Waals surface area contributed by atoms with E-state index in [1.165, 1.54) is 0 Å². The van der Waals surface area contributed by atoms with Crippen molar-refractivity contribution in [3.63, 3.8) is 0 Å². The molecule has 7 aromatic rings. The molecule has 0 fully saturated rings. The van der Waals surface area contributed by atoms with E-state index in [2.05, 4.69) is 60.7 Å². The van der Waals surface area contributed by atoms with Crippen molar-refractivity contribution in [2.24, 2.45) is 0 Å². The van der Waals surface area contributed by atoms with Crippen molar-refractivity contribution >= 4 is 10.8 Å². The number of aryl methyl sites for hydroxylation is 2. The summed E-state index contributed by atoms with van der Waals surface area (Å²) in [6.45, 7) is 4.02. The molecular weight excluding hydrogens is 514 g/mol.